The molecule has 0 saturated carbocycles. The summed E-state index contributed by atoms with van der Waals surface area (Å²) in [6.45, 7) is 3.26. The number of aliphatic hydroxyl groups is 1. The van der Waals surface area contributed by atoms with Crippen LogP contribution in [0.5, 0.6) is 5.75 Å². The molecule has 1 saturated heterocycles. The first-order chi connectivity index (χ1) is 12.2. The maximum absolute atomic E-state index is 9.38. The lowest BCUT2D eigenvalue weighted by Crippen LogP contribution is -2.37. The molecule has 1 atom stereocenters. The fraction of sp³-hybridized carbons (Fsp3) is 0.444. The number of nitrogens with one attached hydrogen (secondary N) is 1. The average Bonchev–Trinajstić information content (AvgIpc) is 2.66. The van der Waals surface area contributed by atoms with Gasteiger partial charge in [0.15, 0.2) is 0 Å². The molecule has 1 aliphatic rings. The first-order valence-electron chi connectivity index (χ1n) is 8.54. The van der Waals surface area contributed by atoms with Gasteiger partial charge >= 0.3 is 0 Å². The van der Waals surface area contributed by atoms with Crippen molar-refractivity contribution in [2.24, 2.45) is 5.92 Å². The van der Waals surface area contributed by atoms with Crippen LogP contribution in [0.2, 0.25) is 0 Å². The lowest BCUT2D eigenvalue weighted by Gasteiger charge is -2.32. The molecule has 1 aromatic carbocycles. The molecule has 0 spiro atoms. The molecule has 7 heteroatoms. The number of rotatable bonds is 7. The van der Waals surface area contributed by atoms with E-state index in [-0.39, 0.29) is 6.61 Å². The average molecular weight is 407 g/mol. The van der Waals surface area contributed by atoms with Crippen LogP contribution in [0.1, 0.15) is 12.8 Å². The molecule has 25 heavy (non-hydrogen) atoms. The Bertz CT molecular complexity index is 686. The monoisotopic (exact) mass is 406 g/mol. The van der Waals surface area contributed by atoms with Crippen LogP contribution in [-0.4, -0.2) is 47.9 Å². The Labute approximate surface area is 156 Å². The first kappa shape index (κ1) is 17.9. The molecular formula is C18H23BrN4O2. The fourth-order valence-corrected chi connectivity index (χ4v) is 3.32. The van der Waals surface area contributed by atoms with E-state index in [1.807, 2.05) is 30.3 Å². The van der Waals surface area contributed by atoms with Crippen molar-refractivity contribution in [2.75, 3.05) is 43.1 Å². The van der Waals surface area contributed by atoms with E-state index in [0.717, 1.165) is 47.8 Å². The number of ether oxygens (including phenoxy) is 1. The molecule has 134 valence electrons. The normalized spacial score (nSPS) is 17.4. The van der Waals surface area contributed by atoms with Crippen molar-refractivity contribution in [1.29, 1.82) is 0 Å². The molecular weight excluding hydrogens is 384 g/mol. The Kier molecular flexibility index (Phi) is 6.47. The second-order valence-electron chi connectivity index (χ2n) is 6.13. The van der Waals surface area contributed by atoms with E-state index < -0.39 is 0 Å². The number of benzene rings is 1. The van der Waals surface area contributed by atoms with Gasteiger partial charge in [-0.25, -0.2) is 9.97 Å². The molecule has 2 heterocycles. The predicted molar refractivity (Wildman–Crippen MR) is 102 cm³/mol. The highest BCUT2D eigenvalue weighted by Crippen LogP contribution is 2.22. The van der Waals surface area contributed by atoms with Gasteiger partial charge in [-0.15, -0.1) is 0 Å². The van der Waals surface area contributed by atoms with Crippen LogP contribution in [0.15, 0.2) is 41.1 Å². The van der Waals surface area contributed by atoms with Gasteiger partial charge in [0.25, 0.3) is 0 Å². The highest BCUT2D eigenvalue weighted by atomic mass is 79.9. The van der Waals surface area contributed by atoms with Gasteiger partial charge in [0, 0.05) is 30.2 Å². The zero-order valence-corrected chi connectivity index (χ0v) is 15.7. The number of hydrogen-bond donors (Lipinski definition) is 2. The number of piperidine rings is 1. The summed E-state index contributed by atoms with van der Waals surface area (Å²) in [6.07, 6.45) is 3.74. The number of hydrogen-bond acceptors (Lipinski definition) is 6. The summed E-state index contributed by atoms with van der Waals surface area (Å²) in [7, 11) is 0. The van der Waals surface area contributed by atoms with Crippen LogP contribution < -0.4 is 15.0 Å². The topological polar surface area (TPSA) is 70.5 Å². The Morgan fingerprint density at radius 2 is 2.24 bits per heavy atom. The summed E-state index contributed by atoms with van der Waals surface area (Å²) in [4.78, 5) is 10.9. The van der Waals surface area contributed by atoms with Gasteiger partial charge in [0.2, 0.25) is 0 Å². The minimum Gasteiger partial charge on any atom is -0.492 e. The lowest BCUT2D eigenvalue weighted by atomic mass is 9.99. The second kappa shape index (κ2) is 9.01. The van der Waals surface area contributed by atoms with Gasteiger partial charge in [-0.05, 0) is 37.0 Å². The SMILES string of the molecule is OCC1CCCN(c2cc(NCCOc3cccc(Br)c3)ncn2)C1. The van der Waals surface area contributed by atoms with Gasteiger partial charge in [0.1, 0.15) is 30.3 Å². The standard InChI is InChI=1S/C18H23BrN4O2/c19-15-4-1-5-16(9-15)25-8-6-20-17-10-18(22-13-21-17)23-7-2-3-14(11-23)12-24/h1,4-5,9-10,13-14,24H,2-3,6-8,11-12H2,(H,20,21,22). The summed E-state index contributed by atoms with van der Waals surface area (Å²) in [5.41, 5.74) is 0. The number of nitrogens with zero attached hydrogens (tertiary/aromatic N) is 3. The third-order valence-corrected chi connectivity index (χ3v) is 4.72. The zero-order chi connectivity index (χ0) is 17.5. The Balaban J connectivity index is 1.50. The van der Waals surface area contributed by atoms with Crippen molar-refractivity contribution in [3.8, 4) is 5.75 Å². The summed E-state index contributed by atoms with van der Waals surface area (Å²) in [5, 5.41) is 12.6. The van der Waals surface area contributed by atoms with Crippen molar-refractivity contribution in [3.05, 3.63) is 41.1 Å². The number of anilines is 2. The largest absolute Gasteiger partial charge is 0.492 e. The van der Waals surface area contributed by atoms with E-state index in [1.165, 1.54) is 0 Å². The van der Waals surface area contributed by atoms with Gasteiger partial charge in [-0.1, -0.05) is 22.0 Å². The highest BCUT2D eigenvalue weighted by molar-refractivity contribution is 9.10. The molecule has 1 aliphatic heterocycles. The molecule has 6 nitrogen and oxygen atoms in total. The Morgan fingerprint density at radius 3 is 3.08 bits per heavy atom. The van der Waals surface area contributed by atoms with E-state index in [2.05, 4.69) is 36.1 Å². The first-order valence-corrected chi connectivity index (χ1v) is 9.34. The Hall–Kier alpha value is -1.86. The summed E-state index contributed by atoms with van der Waals surface area (Å²) in [6, 6.07) is 9.74. The molecule has 2 aromatic rings. The van der Waals surface area contributed by atoms with E-state index >= 15 is 0 Å². The summed E-state index contributed by atoms with van der Waals surface area (Å²) >= 11 is 3.43. The number of aromatic nitrogens is 2. The third-order valence-electron chi connectivity index (χ3n) is 4.23. The molecule has 1 fully saturated rings. The van der Waals surface area contributed by atoms with Crippen molar-refractivity contribution in [3.63, 3.8) is 0 Å². The molecule has 0 radical (unpaired) electrons. The van der Waals surface area contributed by atoms with Crippen LogP contribution >= 0.6 is 15.9 Å². The van der Waals surface area contributed by atoms with Crippen LogP contribution in [0.3, 0.4) is 0 Å². The zero-order valence-electron chi connectivity index (χ0n) is 14.1. The van der Waals surface area contributed by atoms with E-state index in [1.54, 1.807) is 6.33 Å². The molecule has 3 rings (SSSR count). The van der Waals surface area contributed by atoms with Gasteiger partial charge in [-0.3, -0.25) is 0 Å². The minimum atomic E-state index is 0.236. The quantitative estimate of drug-likeness (QED) is 0.688. The van der Waals surface area contributed by atoms with Crippen LogP contribution in [0, 0.1) is 5.92 Å². The number of halogens is 1. The minimum absolute atomic E-state index is 0.236. The van der Waals surface area contributed by atoms with Crippen molar-refractivity contribution < 1.29 is 9.84 Å². The molecule has 1 aromatic heterocycles. The van der Waals surface area contributed by atoms with E-state index in [4.69, 9.17) is 4.74 Å². The predicted octanol–water partition coefficient (Wildman–Crippen LogP) is 2.94. The van der Waals surface area contributed by atoms with Crippen LogP contribution in [0.25, 0.3) is 0 Å². The number of aliphatic hydroxyl groups excluding tert-OH is 1. The van der Waals surface area contributed by atoms with Gasteiger partial charge in [0.05, 0.1) is 6.54 Å². The molecule has 2 N–H and O–H groups in total. The van der Waals surface area contributed by atoms with Gasteiger partial charge in [-0.2, -0.15) is 0 Å². The maximum atomic E-state index is 9.38. The van der Waals surface area contributed by atoms with Crippen molar-refractivity contribution in [1.82, 2.24) is 9.97 Å². The van der Waals surface area contributed by atoms with Crippen molar-refractivity contribution in [2.45, 2.75) is 12.8 Å². The highest BCUT2D eigenvalue weighted by Gasteiger charge is 2.20. The summed E-state index contributed by atoms with van der Waals surface area (Å²) in [5.74, 6) is 2.86. The maximum Gasteiger partial charge on any atom is 0.134 e. The molecule has 0 bridgehead atoms. The van der Waals surface area contributed by atoms with Crippen LogP contribution in [0.4, 0.5) is 11.6 Å². The second-order valence-corrected chi connectivity index (χ2v) is 7.05. The molecule has 1 unspecified atom stereocenters. The Morgan fingerprint density at radius 1 is 1.32 bits per heavy atom. The fourth-order valence-electron chi connectivity index (χ4n) is 2.94. The third kappa shape index (κ3) is 5.31. The molecule has 0 aliphatic carbocycles. The van der Waals surface area contributed by atoms with E-state index in [0.29, 0.717) is 19.1 Å². The van der Waals surface area contributed by atoms with E-state index in [9.17, 15) is 5.11 Å². The van der Waals surface area contributed by atoms with Gasteiger partial charge < -0.3 is 20.1 Å². The lowest BCUT2D eigenvalue weighted by molar-refractivity contribution is 0.208. The summed E-state index contributed by atoms with van der Waals surface area (Å²) < 4.78 is 6.71. The van der Waals surface area contributed by atoms with Crippen molar-refractivity contribution >= 4 is 27.6 Å². The molecule has 0 amide bonds. The van der Waals surface area contributed by atoms with Crippen LogP contribution in [-0.2, 0) is 0 Å². The smallest absolute Gasteiger partial charge is 0.134 e.